The summed E-state index contributed by atoms with van der Waals surface area (Å²) in [5.41, 5.74) is 8.15. The predicted octanol–water partition coefficient (Wildman–Crippen LogP) is 4.16. The molecule has 2 aromatic carbocycles. The third kappa shape index (κ3) is 4.01. The van der Waals surface area contributed by atoms with E-state index in [1.807, 2.05) is 31.3 Å². The summed E-state index contributed by atoms with van der Waals surface area (Å²) >= 11 is 0. The van der Waals surface area contributed by atoms with E-state index < -0.39 is 0 Å². The Kier molecular flexibility index (Phi) is 6.44. The highest BCUT2D eigenvalue weighted by atomic mass is 35.5. The van der Waals surface area contributed by atoms with Gasteiger partial charge in [-0.3, -0.25) is 4.79 Å². The molecule has 0 spiro atoms. The maximum Gasteiger partial charge on any atom is 0.254 e. The molecule has 2 aromatic rings. The molecule has 1 atom stereocenters. The normalized spacial score (nSPS) is 11.6. The van der Waals surface area contributed by atoms with Crippen LogP contribution in [0.25, 0.3) is 0 Å². The summed E-state index contributed by atoms with van der Waals surface area (Å²) in [6.45, 7) is 4.25. The molecule has 0 aromatic heterocycles. The van der Waals surface area contributed by atoms with Gasteiger partial charge in [0.2, 0.25) is 0 Å². The highest BCUT2D eigenvalue weighted by molar-refractivity contribution is 5.95. The van der Waals surface area contributed by atoms with Crippen LogP contribution in [-0.2, 0) is 0 Å². The van der Waals surface area contributed by atoms with E-state index in [1.165, 1.54) is 0 Å². The van der Waals surface area contributed by atoms with Crippen LogP contribution in [0.3, 0.4) is 0 Å². The zero-order valence-corrected chi connectivity index (χ0v) is 14.0. The van der Waals surface area contributed by atoms with Crippen LogP contribution >= 0.6 is 12.4 Å². The highest BCUT2D eigenvalue weighted by Gasteiger charge is 2.25. The van der Waals surface area contributed by atoms with Gasteiger partial charge < -0.3 is 10.6 Å². The van der Waals surface area contributed by atoms with Crippen LogP contribution < -0.4 is 5.73 Å². The minimum absolute atomic E-state index is 0. The van der Waals surface area contributed by atoms with Gasteiger partial charge in [0, 0.05) is 18.3 Å². The molecule has 1 amide bonds. The van der Waals surface area contributed by atoms with E-state index in [0.29, 0.717) is 17.2 Å². The Hall–Kier alpha value is -2.00. The molecule has 3 nitrogen and oxygen atoms in total. The fraction of sp³-hybridized carbons (Fsp3) is 0.278. The second-order valence-corrected chi connectivity index (χ2v) is 5.64. The first kappa shape index (κ1) is 18.1. The Bertz CT molecular complexity index is 613. The maximum absolute atomic E-state index is 12.7. The van der Waals surface area contributed by atoms with Gasteiger partial charge in [-0.1, -0.05) is 50.2 Å². The number of carbonyl (C=O) groups excluding carboxylic acids is 1. The Morgan fingerprint density at radius 2 is 1.68 bits per heavy atom. The van der Waals surface area contributed by atoms with Crippen LogP contribution in [0.4, 0.5) is 5.69 Å². The number of amides is 1. The van der Waals surface area contributed by atoms with Gasteiger partial charge in [-0.15, -0.1) is 12.4 Å². The van der Waals surface area contributed by atoms with Crippen molar-refractivity contribution < 1.29 is 4.79 Å². The second kappa shape index (κ2) is 7.85. The van der Waals surface area contributed by atoms with Gasteiger partial charge in [-0.25, -0.2) is 0 Å². The van der Waals surface area contributed by atoms with Gasteiger partial charge in [0.25, 0.3) is 5.91 Å². The molecule has 2 N–H and O–H groups in total. The van der Waals surface area contributed by atoms with Crippen LogP contribution in [0.15, 0.2) is 54.6 Å². The predicted molar refractivity (Wildman–Crippen MR) is 94.2 cm³/mol. The fourth-order valence-corrected chi connectivity index (χ4v) is 2.71. The molecule has 0 saturated carbocycles. The van der Waals surface area contributed by atoms with Gasteiger partial charge in [-0.05, 0) is 29.7 Å². The smallest absolute Gasteiger partial charge is 0.254 e. The Morgan fingerprint density at radius 1 is 1.05 bits per heavy atom. The molecular weight excluding hydrogens is 296 g/mol. The van der Waals surface area contributed by atoms with Crippen molar-refractivity contribution in [3.05, 3.63) is 65.7 Å². The lowest BCUT2D eigenvalue weighted by Crippen LogP contribution is -2.34. The fourth-order valence-electron chi connectivity index (χ4n) is 2.71. The van der Waals surface area contributed by atoms with Crippen molar-refractivity contribution in [1.82, 2.24) is 4.90 Å². The summed E-state index contributed by atoms with van der Waals surface area (Å²) in [5, 5.41) is 0. The first-order valence-corrected chi connectivity index (χ1v) is 7.18. The molecular formula is C18H23ClN2O. The first-order valence-electron chi connectivity index (χ1n) is 7.18. The van der Waals surface area contributed by atoms with Crippen LogP contribution in [0.2, 0.25) is 0 Å². The third-order valence-electron chi connectivity index (χ3n) is 3.64. The Balaban J connectivity index is 0.00000242. The molecule has 118 valence electrons. The van der Waals surface area contributed by atoms with Crippen molar-refractivity contribution in [3.63, 3.8) is 0 Å². The quantitative estimate of drug-likeness (QED) is 0.860. The van der Waals surface area contributed by atoms with E-state index in [9.17, 15) is 4.79 Å². The van der Waals surface area contributed by atoms with Gasteiger partial charge >= 0.3 is 0 Å². The minimum Gasteiger partial charge on any atom is -0.399 e. The molecule has 0 aliphatic heterocycles. The van der Waals surface area contributed by atoms with Crippen LogP contribution in [-0.4, -0.2) is 17.9 Å². The summed E-state index contributed by atoms with van der Waals surface area (Å²) < 4.78 is 0. The van der Waals surface area contributed by atoms with E-state index in [1.54, 1.807) is 23.1 Å². The molecule has 22 heavy (non-hydrogen) atoms. The zero-order chi connectivity index (χ0) is 15.4. The number of nitrogens with zero attached hydrogens (tertiary/aromatic N) is 1. The molecule has 0 aliphatic carbocycles. The van der Waals surface area contributed by atoms with Crippen LogP contribution in [0.5, 0.6) is 0 Å². The number of rotatable bonds is 4. The van der Waals surface area contributed by atoms with E-state index in [2.05, 4.69) is 26.0 Å². The molecule has 0 saturated heterocycles. The molecule has 0 heterocycles. The molecule has 0 fully saturated rings. The van der Waals surface area contributed by atoms with Crippen molar-refractivity contribution in [2.24, 2.45) is 5.92 Å². The van der Waals surface area contributed by atoms with E-state index >= 15 is 0 Å². The van der Waals surface area contributed by atoms with Gasteiger partial charge in [0.1, 0.15) is 0 Å². The first-order chi connectivity index (χ1) is 10.0. The lowest BCUT2D eigenvalue weighted by molar-refractivity contribution is 0.0687. The number of hydrogen-bond acceptors (Lipinski definition) is 2. The average Bonchev–Trinajstić information content (AvgIpc) is 2.47. The summed E-state index contributed by atoms with van der Waals surface area (Å²) in [5.74, 6) is 0.312. The lowest BCUT2D eigenvalue weighted by Gasteiger charge is -2.32. The molecule has 2 rings (SSSR count). The number of halogens is 1. The summed E-state index contributed by atoms with van der Waals surface area (Å²) in [4.78, 5) is 14.5. The van der Waals surface area contributed by atoms with Gasteiger partial charge in [-0.2, -0.15) is 0 Å². The van der Waals surface area contributed by atoms with E-state index in [0.717, 1.165) is 5.56 Å². The van der Waals surface area contributed by atoms with E-state index in [-0.39, 0.29) is 24.4 Å². The molecule has 0 aliphatic rings. The maximum atomic E-state index is 12.7. The van der Waals surface area contributed by atoms with Crippen molar-refractivity contribution in [2.45, 2.75) is 19.9 Å². The number of anilines is 1. The van der Waals surface area contributed by atoms with Crippen molar-refractivity contribution >= 4 is 24.0 Å². The van der Waals surface area contributed by atoms with E-state index in [4.69, 9.17) is 5.73 Å². The number of benzene rings is 2. The Labute approximate surface area is 138 Å². The van der Waals surface area contributed by atoms with Gasteiger partial charge in [0.05, 0.1) is 6.04 Å². The largest absolute Gasteiger partial charge is 0.399 e. The number of nitrogen functional groups attached to an aromatic ring is 1. The summed E-state index contributed by atoms with van der Waals surface area (Å²) in [6, 6.07) is 17.3. The molecule has 4 heteroatoms. The molecule has 0 radical (unpaired) electrons. The highest BCUT2D eigenvalue weighted by Crippen LogP contribution is 2.28. The average molecular weight is 319 g/mol. The second-order valence-electron chi connectivity index (χ2n) is 5.64. The van der Waals surface area contributed by atoms with Crippen molar-refractivity contribution in [2.75, 3.05) is 12.8 Å². The van der Waals surface area contributed by atoms with Crippen molar-refractivity contribution in [3.8, 4) is 0 Å². The van der Waals surface area contributed by atoms with Crippen LogP contribution in [0, 0.1) is 5.92 Å². The van der Waals surface area contributed by atoms with Crippen LogP contribution in [0.1, 0.15) is 35.8 Å². The lowest BCUT2D eigenvalue weighted by atomic mass is 9.94. The Morgan fingerprint density at radius 3 is 2.23 bits per heavy atom. The monoisotopic (exact) mass is 318 g/mol. The standard InChI is InChI=1S/C18H22N2O.ClH/c1-13(2)17(14-8-5-4-6-9-14)20(3)18(21)15-10-7-11-16(19)12-15;/h4-13,17H,19H2,1-3H3;1H. The topological polar surface area (TPSA) is 46.3 Å². The minimum atomic E-state index is -0.00940. The molecule has 0 bridgehead atoms. The van der Waals surface area contributed by atoms with Crippen molar-refractivity contribution in [1.29, 1.82) is 0 Å². The van der Waals surface area contributed by atoms with Gasteiger partial charge in [0.15, 0.2) is 0 Å². The zero-order valence-electron chi connectivity index (χ0n) is 13.2. The SMILES string of the molecule is CC(C)C(c1ccccc1)N(C)C(=O)c1cccc(N)c1.Cl. The number of nitrogens with two attached hydrogens (primary N) is 1. The third-order valence-corrected chi connectivity index (χ3v) is 3.64. The summed E-state index contributed by atoms with van der Waals surface area (Å²) in [7, 11) is 1.85. The number of carbonyl (C=O) groups is 1. The number of hydrogen-bond donors (Lipinski definition) is 1. The summed E-state index contributed by atoms with van der Waals surface area (Å²) in [6.07, 6.45) is 0. The molecule has 1 unspecified atom stereocenters.